The minimum atomic E-state index is 0. The van der Waals surface area contributed by atoms with Gasteiger partial charge in [0.15, 0.2) is 0 Å². The minimum Gasteiger partial charge on any atom is 0 e. The van der Waals surface area contributed by atoms with E-state index in [0.29, 0.717) is 0 Å². The van der Waals surface area contributed by atoms with E-state index in [2.05, 4.69) is 0 Å². The molecule has 0 saturated heterocycles. The normalized spacial score (nSPS) is 0. The summed E-state index contributed by atoms with van der Waals surface area (Å²) in [5.74, 6) is 0. The summed E-state index contributed by atoms with van der Waals surface area (Å²) in [7, 11) is 0. The first-order chi connectivity index (χ1) is 0. The van der Waals surface area contributed by atoms with Crippen LogP contribution in [0.15, 0.2) is 0 Å². The number of hydrogen-bond acceptors (Lipinski definition) is 0. The van der Waals surface area contributed by atoms with Crippen LogP contribution in [0.4, 0.5) is 0 Å². The van der Waals surface area contributed by atoms with Crippen LogP contribution < -0.4 is 0 Å². The summed E-state index contributed by atoms with van der Waals surface area (Å²) in [6, 6.07) is 0. The molecule has 0 aromatic rings. The molecule has 0 nitrogen and oxygen atoms in total. The molecule has 0 amide bonds. The van der Waals surface area contributed by atoms with Crippen molar-refractivity contribution in [2.24, 2.45) is 0 Å². The molecular formula is FeLiMnV. The fourth-order valence-electron chi connectivity index (χ4n) is 0. The predicted octanol–water partition coefficient (Wildman–Crippen LogP) is -0.388. The van der Waals surface area contributed by atoms with Crippen molar-refractivity contribution in [3.8, 4) is 0 Å². The van der Waals surface area contributed by atoms with Gasteiger partial charge in [0, 0.05) is 71.6 Å². The van der Waals surface area contributed by atoms with Gasteiger partial charge in [0.25, 0.3) is 0 Å². The van der Waals surface area contributed by atoms with Crippen LogP contribution in [0.1, 0.15) is 0 Å². The Bertz CT molecular complexity index is 8.00. The van der Waals surface area contributed by atoms with Crippen molar-refractivity contribution >= 4 is 18.9 Å². The zero-order valence-electron chi connectivity index (χ0n) is 2.18. The van der Waals surface area contributed by atoms with E-state index in [1.165, 1.54) is 0 Å². The van der Waals surface area contributed by atoms with Crippen molar-refractivity contribution in [3.63, 3.8) is 0 Å². The molecular weight excluding hydrogens is 169 g/mol. The van der Waals surface area contributed by atoms with Gasteiger partial charge in [-0.2, -0.15) is 0 Å². The molecule has 0 aromatic heterocycles. The molecule has 0 N–H and O–H groups in total. The molecule has 4 heavy (non-hydrogen) atoms. The summed E-state index contributed by atoms with van der Waals surface area (Å²) in [5, 5.41) is 0. The second-order valence-corrected chi connectivity index (χ2v) is 0. The van der Waals surface area contributed by atoms with Gasteiger partial charge in [0.1, 0.15) is 0 Å². The largest absolute Gasteiger partial charge is 0 e. The maximum Gasteiger partial charge on any atom is 0 e. The third kappa shape index (κ3) is 8.88. The Morgan fingerprint density at radius 3 is 1.00 bits per heavy atom. The topological polar surface area (TPSA) is 0 Å². The van der Waals surface area contributed by atoms with E-state index in [1.807, 2.05) is 0 Å². The average Bonchev–Trinajstić information content (AvgIpc) is 0. The van der Waals surface area contributed by atoms with E-state index >= 15 is 0 Å². The first-order valence-electron chi connectivity index (χ1n) is 0. The molecule has 0 aromatic carbocycles. The summed E-state index contributed by atoms with van der Waals surface area (Å²) in [6.45, 7) is 0. The second-order valence-electron chi connectivity index (χ2n) is 0. The van der Waals surface area contributed by atoms with Crippen LogP contribution in [-0.4, -0.2) is 18.9 Å². The molecule has 4 heteroatoms. The Labute approximate surface area is 70.9 Å². The quantitative estimate of drug-likeness (QED) is 0.433. The van der Waals surface area contributed by atoms with Gasteiger partial charge >= 0.3 is 0 Å². The van der Waals surface area contributed by atoms with Crippen LogP contribution in [0, 0.1) is 0 Å². The van der Waals surface area contributed by atoms with E-state index < -0.39 is 0 Å². The standard InChI is InChI=1S/Fe.Li.Mn.V. The van der Waals surface area contributed by atoms with Gasteiger partial charge in [-0.15, -0.1) is 0 Å². The van der Waals surface area contributed by atoms with Gasteiger partial charge in [0.2, 0.25) is 0 Å². The molecule has 0 aliphatic rings. The Balaban J connectivity index is 0. The Morgan fingerprint density at radius 2 is 1.00 bits per heavy atom. The fourth-order valence-corrected chi connectivity index (χ4v) is 0. The molecule has 0 fully saturated rings. The van der Waals surface area contributed by atoms with Crippen molar-refractivity contribution in [1.29, 1.82) is 0 Å². The summed E-state index contributed by atoms with van der Waals surface area (Å²) >= 11 is 0. The van der Waals surface area contributed by atoms with Crippen LogP contribution >= 0.6 is 0 Å². The van der Waals surface area contributed by atoms with Gasteiger partial charge < -0.3 is 0 Å². The maximum absolute atomic E-state index is 0. The molecule has 0 unspecified atom stereocenters. The molecule has 0 saturated carbocycles. The molecule has 0 rings (SSSR count). The van der Waals surface area contributed by atoms with Gasteiger partial charge in [-0.05, 0) is 0 Å². The van der Waals surface area contributed by atoms with Crippen molar-refractivity contribution < 1.29 is 52.7 Å². The Morgan fingerprint density at radius 1 is 1.00 bits per heavy atom. The molecule has 0 aliphatic heterocycles. The molecule has 0 heterocycles. The predicted molar refractivity (Wildman–Crippen MR) is 5.75 cm³/mol. The van der Waals surface area contributed by atoms with Crippen LogP contribution in [-0.2, 0) is 52.7 Å². The van der Waals surface area contributed by atoms with Crippen LogP contribution in [0.25, 0.3) is 0 Å². The summed E-state index contributed by atoms with van der Waals surface area (Å²) in [5.41, 5.74) is 0. The van der Waals surface area contributed by atoms with Gasteiger partial charge in [0.05, 0.1) is 0 Å². The van der Waals surface area contributed by atoms with Gasteiger partial charge in [-0.25, -0.2) is 0 Å². The van der Waals surface area contributed by atoms with Crippen molar-refractivity contribution in [3.05, 3.63) is 0 Å². The van der Waals surface area contributed by atoms with E-state index in [9.17, 15) is 0 Å². The minimum absolute atomic E-state index is 0. The van der Waals surface area contributed by atoms with Gasteiger partial charge in [-0.3, -0.25) is 0 Å². The summed E-state index contributed by atoms with van der Waals surface area (Å²) in [6.07, 6.45) is 0. The average molecular weight is 169 g/mol. The molecule has 0 bridgehead atoms. The maximum atomic E-state index is 0. The van der Waals surface area contributed by atoms with Crippen molar-refractivity contribution in [2.45, 2.75) is 0 Å². The third-order valence-electron chi connectivity index (χ3n) is 0. The first-order valence-corrected chi connectivity index (χ1v) is 0. The fraction of sp³-hybridized carbons (Fsp3) is 0. The smallest absolute Gasteiger partial charge is 0 e. The van der Waals surface area contributed by atoms with Crippen LogP contribution in [0.2, 0.25) is 0 Å². The SMILES string of the molecule is [Fe].[Li].[Mn].[V]. The zero-order valence-corrected chi connectivity index (χ0v) is 5.86. The van der Waals surface area contributed by atoms with Crippen LogP contribution in [0.5, 0.6) is 0 Å². The van der Waals surface area contributed by atoms with Crippen LogP contribution in [0.3, 0.4) is 0 Å². The van der Waals surface area contributed by atoms with E-state index in [4.69, 9.17) is 0 Å². The van der Waals surface area contributed by atoms with E-state index in [1.54, 1.807) is 0 Å². The molecule has 3 radical (unpaired) electrons. The summed E-state index contributed by atoms with van der Waals surface area (Å²) in [4.78, 5) is 0. The third-order valence-corrected chi connectivity index (χ3v) is 0. The first kappa shape index (κ1) is 34.4. The zero-order chi connectivity index (χ0) is 0. The summed E-state index contributed by atoms with van der Waals surface area (Å²) < 4.78 is 0. The van der Waals surface area contributed by atoms with Gasteiger partial charge in [-0.1, -0.05) is 0 Å². The molecule has 0 spiro atoms. The number of hydrogen-bond donors (Lipinski definition) is 0. The Kier molecular flexibility index (Phi) is 162. The van der Waals surface area contributed by atoms with E-state index in [0.717, 1.165) is 0 Å². The van der Waals surface area contributed by atoms with Crippen molar-refractivity contribution in [1.82, 2.24) is 0 Å². The van der Waals surface area contributed by atoms with Crippen molar-refractivity contribution in [2.75, 3.05) is 0 Å². The van der Waals surface area contributed by atoms with E-state index in [-0.39, 0.29) is 71.6 Å². The Hall–Kier alpha value is 2.22. The molecule has 0 aliphatic carbocycles. The number of rotatable bonds is 0. The molecule has 0 atom stereocenters. The second kappa shape index (κ2) is 18.9. The monoisotopic (exact) mass is 169 g/mol. The molecule has 21 valence electrons.